The molecule has 0 bridgehead atoms. The minimum atomic E-state index is -0.754. The first-order valence-corrected chi connectivity index (χ1v) is 14.3. The number of fused-ring (bicyclic) bond motifs is 1. The molecule has 9 heteroatoms. The number of hydrogen-bond acceptors (Lipinski definition) is 6. The third-order valence-electron chi connectivity index (χ3n) is 7.38. The fraction of sp³-hybridized carbons (Fsp3) is 0.333. The number of rotatable bonds is 8. The predicted octanol–water partition coefficient (Wildman–Crippen LogP) is 4.65. The summed E-state index contributed by atoms with van der Waals surface area (Å²) in [6, 6.07) is 20.3. The second-order valence-electron chi connectivity index (χ2n) is 11.6. The lowest BCUT2D eigenvalue weighted by molar-refractivity contribution is -0.130. The summed E-state index contributed by atoms with van der Waals surface area (Å²) in [5.74, 6) is -0.288. The van der Waals surface area contributed by atoms with Crippen LogP contribution in [0.25, 0.3) is 16.5 Å². The van der Waals surface area contributed by atoms with Gasteiger partial charge in [0.2, 0.25) is 5.91 Å². The maximum Gasteiger partial charge on any atom is 0.297 e. The number of ether oxygens (including phenoxy) is 1. The highest BCUT2D eigenvalue weighted by atomic mass is 16.5. The molecule has 0 spiro atoms. The summed E-state index contributed by atoms with van der Waals surface area (Å²) >= 11 is 0. The molecule has 42 heavy (non-hydrogen) atoms. The smallest absolute Gasteiger partial charge is 0.297 e. The summed E-state index contributed by atoms with van der Waals surface area (Å²) in [6.07, 6.45) is 0.477. The van der Waals surface area contributed by atoms with E-state index in [-0.39, 0.29) is 16.9 Å². The number of Topliss-reactive ketones (excluding diaryl/α,β-unsaturated/α-hetero) is 1. The highest BCUT2D eigenvalue weighted by molar-refractivity contribution is 6.48. The molecule has 0 unspecified atom stereocenters. The zero-order chi connectivity index (χ0) is 29.9. The molecule has 2 N–H and O–H groups in total. The van der Waals surface area contributed by atoms with Crippen LogP contribution in [-0.4, -0.2) is 65.1 Å². The predicted molar refractivity (Wildman–Crippen MR) is 163 cm³/mol. The Hall–Kier alpha value is -4.50. The van der Waals surface area contributed by atoms with E-state index in [2.05, 4.69) is 10.6 Å². The third-order valence-corrected chi connectivity index (χ3v) is 7.38. The molecule has 0 saturated carbocycles. The molecule has 2 amide bonds. The zero-order valence-electron chi connectivity index (χ0n) is 24.6. The fourth-order valence-corrected chi connectivity index (χ4v) is 4.93. The Balaban J connectivity index is 1.37. The highest BCUT2D eigenvalue weighted by Gasteiger charge is 2.25. The van der Waals surface area contributed by atoms with Crippen LogP contribution >= 0.6 is 0 Å². The van der Waals surface area contributed by atoms with E-state index in [1.807, 2.05) is 76.2 Å². The third kappa shape index (κ3) is 6.36. The van der Waals surface area contributed by atoms with Crippen molar-refractivity contribution in [1.82, 2.24) is 20.0 Å². The Morgan fingerprint density at radius 1 is 1.00 bits per heavy atom. The molecular formula is C33H37N5O4. The standard InChI is InChI=1S/C33H37N5O4/c1-22-9-11-23(12-10-22)38-29(21-28(36-38)33(2,3)4)35-32(41)31(40)26-13-14-27(25-8-6-5-7-24(25)26)42-20-19-37-18-17-34-16-15-30(37)39/h5-14,21,34H,15-20H2,1-4H3,(H,35,41). The number of benzene rings is 3. The van der Waals surface area contributed by atoms with Crippen molar-refractivity contribution < 1.29 is 19.1 Å². The van der Waals surface area contributed by atoms with E-state index in [9.17, 15) is 14.4 Å². The molecule has 0 atom stereocenters. The van der Waals surface area contributed by atoms with Gasteiger partial charge in [-0.1, -0.05) is 62.7 Å². The van der Waals surface area contributed by atoms with Gasteiger partial charge in [0.25, 0.3) is 11.7 Å². The van der Waals surface area contributed by atoms with Crippen LogP contribution in [0.4, 0.5) is 5.82 Å². The summed E-state index contributed by atoms with van der Waals surface area (Å²) in [7, 11) is 0. The number of hydrogen-bond donors (Lipinski definition) is 2. The number of amides is 2. The summed E-state index contributed by atoms with van der Waals surface area (Å²) in [6.45, 7) is 11.0. The van der Waals surface area contributed by atoms with Crippen LogP contribution in [-0.2, 0) is 15.0 Å². The van der Waals surface area contributed by atoms with Crippen molar-refractivity contribution in [2.75, 3.05) is 38.1 Å². The molecule has 1 saturated heterocycles. The average molecular weight is 568 g/mol. The van der Waals surface area contributed by atoms with Crippen LogP contribution < -0.4 is 15.4 Å². The quantitative estimate of drug-likeness (QED) is 0.237. The number of nitrogens with one attached hydrogen (secondary N) is 2. The van der Waals surface area contributed by atoms with E-state index < -0.39 is 11.7 Å². The largest absolute Gasteiger partial charge is 0.491 e. The molecule has 4 aromatic rings. The van der Waals surface area contributed by atoms with E-state index >= 15 is 0 Å². The number of carbonyl (C=O) groups excluding carboxylic acids is 3. The number of nitrogens with zero attached hydrogens (tertiary/aromatic N) is 3. The Kier molecular flexibility index (Phi) is 8.40. The minimum absolute atomic E-state index is 0.110. The number of anilines is 1. The Morgan fingerprint density at radius 2 is 1.74 bits per heavy atom. The van der Waals surface area contributed by atoms with Gasteiger partial charge in [0.1, 0.15) is 18.2 Å². The van der Waals surface area contributed by atoms with Crippen molar-refractivity contribution in [1.29, 1.82) is 0 Å². The van der Waals surface area contributed by atoms with E-state index in [4.69, 9.17) is 9.84 Å². The first-order chi connectivity index (χ1) is 20.1. The normalized spacial score (nSPS) is 14.1. The van der Waals surface area contributed by atoms with Gasteiger partial charge in [0.15, 0.2) is 0 Å². The SMILES string of the molecule is Cc1ccc(-n2nc(C(C)(C)C)cc2NC(=O)C(=O)c2ccc(OCCN3CCNCCC3=O)c3ccccc23)cc1. The van der Waals surface area contributed by atoms with E-state index in [0.717, 1.165) is 28.9 Å². The van der Waals surface area contributed by atoms with Crippen LogP contribution in [0.5, 0.6) is 5.75 Å². The summed E-state index contributed by atoms with van der Waals surface area (Å²) in [4.78, 5) is 41.0. The van der Waals surface area contributed by atoms with Gasteiger partial charge in [0.05, 0.1) is 17.9 Å². The maximum absolute atomic E-state index is 13.5. The fourth-order valence-electron chi connectivity index (χ4n) is 4.93. The second kappa shape index (κ2) is 12.2. The van der Waals surface area contributed by atoms with Crippen molar-refractivity contribution in [2.45, 2.75) is 39.5 Å². The summed E-state index contributed by atoms with van der Waals surface area (Å²) in [5.41, 5.74) is 2.69. The van der Waals surface area contributed by atoms with E-state index in [1.54, 1.807) is 27.8 Å². The van der Waals surface area contributed by atoms with E-state index in [1.165, 1.54) is 0 Å². The van der Waals surface area contributed by atoms with Gasteiger partial charge in [-0.05, 0) is 36.6 Å². The maximum atomic E-state index is 13.5. The average Bonchev–Trinajstić information content (AvgIpc) is 3.29. The van der Waals surface area contributed by atoms with Crippen molar-refractivity contribution in [2.24, 2.45) is 0 Å². The van der Waals surface area contributed by atoms with Gasteiger partial charge < -0.3 is 20.3 Å². The van der Waals surface area contributed by atoms with Crippen LogP contribution in [0.1, 0.15) is 48.8 Å². The molecular weight excluding hydrogens is 530 g/mol. The molecule has 0 radical (unpaired) electrons. The zero-order valence-corrected chi connectivity index (χ0v) is 24.6. The van der Waals surface area contributed by atoms with Crippen molar-refractivity contribution in [3.8, 4) is 11.4 Å². The first-order valence-electron chi connectivity index (χ1n) is 14.3. The topological polar surface area (TPSA) is 106 Å². The first kappa shape index (κ1) is 29.0. The number of ketones is 1. The van der Waals surface area contributed by atoms with Crippen molar-refractivity contribution in [3.63, 3.8) is 0 Å². The Labute approximate surface area is 245 Å². The Bertz CT molecular complexity index is 1620. The lowest BCUT2D eigenvalue weighted by atomic mass is 9.92. The monoisotopic (exact) mass is 567 g/mol. The van der Waals surface area contributed by atoms with Crippen LogP contribution in [0.15, 0.2) is 66.7 Å². The molecule has 1 aliphatic rings. The number of aryl methyl sites for hydroxylation is 1. The second-order valence-corrected chi connectivity index (χ2v) is 11.6. The van der Waals surface area contributed by atoms with Crippen molar-refractivity contribution in [3.05, 3.63) is 83.6 Å². The summed E-state index contributed by atoms with van der Waals surface area (Å²) < 4.78 is 7.73. The molecule has 1 aromatic heterocycles. The van der Waals surface area contributed by atoms with Gasteiger partial charge in [-0.2, -0.15) is 5.10 Å². The van der Waals surface area contributed by atoms with Gasteiger partial charge >= 0.3 is 0 Å². The lowest BCUT2D eigenvalue weighted by Gasteiger charge is -2.20. The molecule has 9 nitrogen and oxygen atoms in total. The van der Waals surface area contributed by atoms with Crippen LogP contribution in [0, 0.1) is 6.92 Å². The van der Waals surface area contributed by atoms with E-state index in [0.29, 0.717) is 49.6 Å². The van der Waals surface area contributed by atoms with Gasteiger partial charge in [-0.25, -0.2) is 4.68 Å². The molecule has 218 valence electrons. The Morgan fingerprint density at radius 3 is 2.48 bits per heavy atom. The molecule has 3 aromatic carbocycles. The molecule has 2 heterocycles. The lowest BCUT2D eigenvalue weighted by Crippen LogP contribution is -2.35. The van der Waals surface area contributed by atoms with Crippen LogP contribution in [0.3, 0.4) is 0 Å². The van der Waals surface area contributed by atoms with Crippen molar-refractivity contribution >= 4 is 34.2 Å². The molecule has 1 aliphatic heterocycles. The van der Waals surface area contributed by atoms with Gasteiger partial charge in [-0.15, -0.1) is 0 Å². The number of aromatic nitrogens is 2. The molecule has 0 aliphatic carbocycles. The molecule has 1 fully saturated rings. The summed E-state index contributed by atoms with van der Waals surface area (Å²) in [5, 5.41) is 12.1. The highest BCUT2D eigenvalue weighted by Crippen LogP contribution is 2.30. The van der Waals surface area contributed by atoms with Crippen LogP contribution in [0.2, 0.25) is 0 Å². The number of carbonyl (C=O) groups is 3. The molecule has 5 rings (SSSR count). The van der Waals surface area contributed by atoms with Gasteiger partial charge in [-0.3, -0.25) is 14.4 Å². The minimum Gasteiger partial charge on any atom is -0.491 e. The van der Waals surface area contributed by atoms with Gasteiger partial charge in [0, 0.05) is 48.5 Å².